The van der Waals surface area contributed by atoms with E-state index in [1.807, 2.05) is 25.1 Å². The van der Waals surface area contributed by atoms with Gasteiger partial charge < -0.3 is 26.9 Å². The van der Waals surface area contributed by atoms with E-state index in [4.69, 9.17) is 21.6 Å². The van der Waals surface area contributed by atoms with Crippen LogP contribution in [-0.2, 0) is 4.74 Å². The van der Waals surface area contributed by atoms with Crippen molar-refractivity contribution in [1.82, 2.24) is 9.97 Å². The van der Waals surface area contributed by atoms with Crippen molar-refractivity contribution in [2.45, 2.75) is 33.1 Å². The number of nitrogens with two attached hydrogens (primary N) is 2. The number of allylic oxidation sites excluding steroid dienone is 3. The monoisotopic (exact) mass is 392 g/mol. The molecule has 0 saturated carbocycles. The van der Waals surface area contributed by atoms with E-state index in [1.165, 1.54) is 5.57 Å². The second-order valence-corrected chi connectivity index (χ2v) is 7.25. The van der Waals surface area contributed by atoms with E-state index in [1.54, 1.807) is 12.3 Å². The predicted octanol–water partition coefficient (Wildman–Crippen LogP) is 4.42. The number of aromatic nitrogens is 2. The van der Waals surface area contributed by atoms with Crippen molar-refractivity contribution < 1.29 is 4.74 Å². The molecule has 7 nitrogen and oxygen atoms in total. The number of nitrogen functional groups attached to an aromatic ring is 2. The number of hydrogen-bond donors (Lipinski definition) is 4. The molecule has 0 aliphatic carbocycles. The lowest BCUT2D eigenvalue weighted by Crippen LogP contribution is -2.16. The number of nitrogens with zero attached hydrogens (tertiary/aromatic N) is 2. The Morgan fingerprint density at radius 3 is 2.86 bits per heavy atom. The molecule has 1 aromatic heterocycles. The Kier molecular flexibility index (Phi) is 6.49. The van der Waals surface area contributed by atoms with Gasteiger partial charge in [-0.2, -0.15) is 4.98 Å². The van der Waals surface area contributed by atoms with Crippen LogP contribution in [0.3, 0.4) is 0 Å². The number of ether oxygens (including phenoxy) is 1. The summed E-state index contributed by atoms with van der Waals surface area (Å²) in [6, 6.07) is 7.30. The van der Waals surface area contributed by atoms with Gasteiger partial charge in [-0.1, -0.05) is 11.6 Å². The zero-order valence-electron chi connectivity index (χ0n) is 16.9. The molecule has 0 fully saturated rings. The molecule has 0 radical (unpaired) electrons. The molecule has 7 heteroatoms. The molecular formula is C22H28N6O. The molecule has 29 heavy (non-hydrogen) atoms. The fourth-order valence-corrected chi connectivity index (χ4v) is 3.29. The summed E-state index contributed by atoms with van der Waals surface area (Å²) < 4.78 is 5.69. The van der Waals surface area contributed by atoms with Gasteiger partial charge in [-0.15, -0.1) is 0 Å². The second-order valence-electron chi connectivity index (χ2n) is 7.25. The Bertz CT molecular complexity index is 950. The highest BCUT2D eigenvalue weighted by Crippen LogP contribution is 2.27. The lowest BCUT2D eigenvalue weighted by molar-refractivity contribution is 0.215. The van der Waals surface area contributed by atoms with E-state index in [2.05, 4.69) is 34.4 Å². The topological polar surface area (TPSA) is 123 Å². The normalized spacial score (nSPS) is 21.1. The summed E-state index contributed by atoms with van der Waals surface area (Å²) in [7, 11) is 0. The Morgan fingerprint density at radius 1 is 1.24 bits per heavy atom. The summed E-state index contributed by atoms with van der Waals surface area (Å²) in [4.78, 5) is 8.06. The van der Waals surface area contributed by atoms with Crippen molar-refractivity contribution in [3.05, 3.63) is 59.5 Å². The average molecular weight is 393 g/mol. The number of anilines is 4. The maximum Gasteiger partial charge on any atom is 0.221 e. The van der Waals surface area contributed by atoms with Crippen LogP contribution >= 0.6 is 0 Å². The molecule has 1 aromatic carbocycles. The van der Waals surface area contributed by atoms with Crippen LogP contribution in [0.25, 0.3) is 0 Å². The highest BCUT2D eigenvalue weighted by atomic mass is 16.5. The third kappa shape index (κ3) is 5.57. The molecule has 1 atom stereocenters. The Balaban J connectivity index is 1.85. The van der Waals surface area contributed by atoms with Gasteiger partial charge in [0.2, 0.25) is 5.95 Å². The molecule has 2 heterocycles. The van der Waals surface area contributed by atoms with Crippen LogP contribution in [0.4, 0.5) is 23.1 Å². The van der Waals surface area contributed by atoms with E-state index in [0.29, 0.717) is 23.8 Å². The Hall–Kier alpha value is -3.35. The third-order valence-corrected chi connectivity index (χ3v) is 4.88. The van der Waals surface area contributed by atoms with Crippen molar-refractivity contribution >= 4 is 28.9 Å². The number of rotatable bonds is 4. The molecule has 1 aliphatic heterocycles. The van der Waals surface area contributed by atoms with Crippen LogP contribution in [0.2, 0.25) is 0 Å². The van der Waals surface area contributed by atoms with Crippen LogP contribution in [0.5, 0.6) is 0 Å². The van der Waals surface area contributed by atoms with Gasteiger partial charge in [0.1, 0.15) is 5.82 Å². The first kappa shape index (κ1) is 20.4. The highest BCUT2D eigenvalue weighted by molar-refractivity contribution is 6.05. The van der Waals surface area contributed by atoms with Crippen molar-refractivity contribution in [3.8, 4) is 0 Å². The van der Waals surface area contributed by atoms with Crippen molar-refractivity contribution in [2.24, 2.45) is 5.92 Å². The van der Waals surface area contributed by atoms with Gasteiger partial charge in [0.25, 0.3) is 0 Å². The predicted molar refractivity (Wildman–Crippen MR) is 118 cm³/mol. The molecule has 3 rings (SSSR count). The van der Waals surface area contributed by atoms with Gasteiger partial charge in [0.15, 0.2) is 0 Å². The fourth-order valence-electron chi connectivity index (χ4n) is 3.29. The molecule has 152 valence electrons. The fraction of sp³-hybridized carbons (Fsp3) is 0.318. The molecule has 0 bridgehead atoms. The van der Waals surface area contributed by atoms with Gasteiger partial charge in [-0.25, -0.2) is 4.98 Å². The molecular weight excluding hydrogens is 364 g/mol. The SMILES string of the molecule is C/C1=C\C(C(=N)c2cc(Nc3ccnc(N)n3)ccc2N)CC/C=C(\C)OCC1. The van der Waals surface area contributed by atoms with Gasteiger partial charge >= 0.3 is 0 Å². The third-order valence-electron chi connectivity index (χ3n) is 4.88. The van der Waals surface area contributed by atoms with Gasteiger partial charge in [0, 0.05) is 41.2 Å². The summed E-state index contributed by atoms with van der Waals surface area (Å²) in [5, 5.41) is 12.1. The second kappa shape index (κ2) is 9.23. The molecule has 0 saturated heterocycles. The smallest absolute Gasteiger partial charge is 0.221 e. The quantitative estimate of drug-likeness (QED) is 0.347. The number of benzene rings is 1. The molecule has 1 aliphatic rings. The van der Waals surface area contributed by atoms with Crippen molar-refractivity contribution in [2.75, 3.05) is 23.4 Å². The zero-order valence-corrected chi connectivity index (χ0v) is 16.9. The van der Waals surface area contributed by atoms with E-state index < -0.39 is 0 Å². The van der Waals surface area contributed by atoms with E-state index in [-0.39, 0.29) is 11.9 Å². The summed E-state index contributed by atoms with van der Waals surface area (Å²) in [5.74, 6) is 1.73. The Morgan fingerprint density at radius 2 is 2.07 bits per heavy atom. The summed E-state index contributed by atoms with van der Waals surface area (Å²) >= 11 is 0. The molecule has 0 amide bonds. The lowest BCUT2D eigenvalue weighted by Gasteiger charge is -2.19. The Labute approximate surface area is 171 Å². The van der Waals surface area contributed by atoms with Crippen LogP contribution in [-0.4, -0.2) is 22.3 Å². The average Bonchev–Trinajstić information content (AvgIpc) is 2.68. The largest absolute Gasteiger partial charge is 0.498 e. The van der Waals surface area contributed by atoms with Crippen molar-refractivity contribution in [1.29, 1.82) is 5.41 Å². The zero-order chi connectivity index (χ0) is 20.8. The minimum absolute atomic E-state index is 0.00982. The van der Waals surface area contributed by atoms with Crippen LogP contribution < -0.4 is 16.8 Å². The summed E-state index contributed by atoms with van der Waals surface area (Å²) in [5.41, 5.74) is 15.7. The molecule has 1 unspecified atom stereocenters. The number of nitrogens with one attached hydrogen (secondary N) is 2. The van der Waals surface area contributed by atoms with Gasteiger partial charge in [0.05, 0.1) is 12.4 Å². The molecule has 2 aromatic rings. The first-order valence-corrected chi connectivity index (χ1v) is 9.73. The minimum Gasteiger partial charge on any atom is -0.498 e. The molecule has 6 N–H and O–H groups in total. The first-order chi connectivity index (χ1) is 13.9. The summed E-state index contributed by atoms with van der Waals surface area (Å²) in [6.45, 7) is 4.73. The minimum atomic E-state index is -0.00982. The van der Waals surface area contributed by atoms with Crippen LogP contribution in [0, 0.1) is 11.3 Å². The van der Waals surface area contributed by atoms with Crippen molar-refractivity contribution in [3.63, 3.8) is 0 Å². The van der Waals surface area contributed by atoms with E-state index >= 15 is 0 Å². The van der Waals surface area contributed by atoms with Gasteiger partial charge in [-0.05, 0) is 57.0 Å². The summed E-state index contributed by atoms with van der Waals surface area (Å²) in [6.07, 6.45) is 8.39. The van der Waals surface area contributed by atoms with Crippen LogP contribution in [0.1, 0.15) is 38.7 Å². The maximum atomic E-state index is 8.86. The van der Waals surface area contributed by atoms with Crippen LogP contribution in [0.15, 0.2) is 53.9 Å². The maximum absolute atomic E-state index is 8.86. The lowest BCUT2D eigenvalue weighted by atomic mass is 9.89. The van der Waals surface area contributed by atoms with Gasteiger partial charge in [-0.3, -0.25) is 0 Å². The highest BCUT2D eigenvalue weighted by Gasteiger charge is 2.18. The van der Waals surface area contributed by atoms with E-state index in [0.717, 1.165) is 36.3 Å². The number of hydrogen-bond acceptors (Lipinski definition) is 7. The van der Waals surface area contributed by atoms with E-state index in [9.17, 15) is 0 Å². The first-order valence-electron chi connectivity index (χ1n) is 9.73. The standard InChI is InChI=1S/C22H28N6O/c1-14-9-11-29-15(2)4-3-5-16(12-14)21(24)18-13-17(6-7-19(18)23)27-20-8-10-26-22(25)28-20/h4,6-8,10,12-13,16,24H,3,5,9,11,23H2,1-2H3,(H3,25,26,27,28)/b14-12+,15-4+,24-21?. The molecule has 0 spiro atoms.